The van der Waals surface area contributed by atoms with Crippen LogP contribution in [0.2, 0.25) is 0 Å². The summed E-state index contributed by atoms with van der Waals surface area (Å²) in [5, 5.41) is 0. The molecule has 0 spiro atoms. The van der Waals surface area contributed by atoms with Crippen molar-refractivity contribution in [1.29, 1.82) is 0 Å². The maximum atomic E-state index is 4.93. The van der Waals surface area contributed by atoms with E-state index in [1.165, 1.54) is 6.08 Å². The van der Waals surface area contributed by atoms with Crippen LogP contribution in [0.25, 0.3) is 0 Å². The largest absolute Gasteiger partial charge is 2.00 e. The molecule has 0 radical (unpaired) electrons. The van der Waals surface area contributed by atoms with Crippen LogP contribution in [-0.4, -0.2) is 0 Å². The number of rotatable bonds is 1. The van der Waals surface area contributed by atoms with Crippen LogP contribution in [0.1, 0.15) is 13.3 Å². The molecule has 1 aliphatic carbocycles. The number of allylic oxidation sites excluding steroid dienone is 7. The summed E-state index contributed by atoms with van der Waals surface area (Å²) in [5.74, 6) is 0. The van der Waals surface area contributed by atoms with Gasteiger partial charge in [-0.2, -0.15) is 12.2 Å². The zero-order valence-corrected chi connectivity index (χ0v) is 7.71. The fourth-order valence-electron chi connectivity index (χ4n) is 0.451. The SMILES string of the molecule is [C-]1=CC=CC1.[CH-]=CC=CC.[Fe+2]. The van der Waals surface area contributed by atoms with E-state index in [1.54, 1.807) is 6.08 Å². The maximum Gasteiger partial charge on any atom is 2.00 e. The molecule has 0 N–H and O–H groups in total. The summed E-state index contributed by atoms with van der Waals surface area (Å²) < 4.78 is 0. The van der Waals surface area contributed by atoms with Crippen molar-refractivity contribution in [2.24, 2.45) is 0 Å². The van der Waals surface area contributed by atoms with Crippen molar-refractivity contribution in [1.82, 2.24) is 0 Å². The van der Waals surface area contributed by atoms with Crippen molar-refractivity contribution < 1.29 is 17.1 Å². The van der Waals surface area contributed by atoms with E-state index in [0.717, 1.165) is 6.42 Å². The number of hydrogen-bond acceptors (Lipinski definition) is 0. The van der Waals surface area contributed by atoms with Gasteiger partial charge in [0.15, 0.2) is 0 Å². The molecule has 0 bridgehead atoms. The molecular weight excluding hydrogens is 176 g/mol. The second kappa shape index (κ2) is 12.2. The molecule has 0 amide bonds. The molecule has 0 aromatic rings. The summed E-state index contributed by atoms with van der Waals surface area (Å²) >= 11 is 0. The van der Waals surface area contributed by atoms with Gasteiger partial charge in [0.2, 0.25) is 0 Å². The van der Waals surface area contributed by atoms with Crippen molar-refractivity contribution in [3.05, 3.63) is 49.1 Å². The van der Waals surface area contributed by atoms with Gasteiger partial charge in [-0.05, 0) is 0 Å². The minimum atomic E-state index is 0. The maximum absolute atomic E-state index is 4.93. The van der Waals surface area contributed by atoms with E-state index >= 15 is 0 Å². The van der Waals surface area contributed by atoms with E-state index in [4.69, 9.17) is 6.58 Å². The fourth-order valence-corrected chi connectivity index (χ4v) is 0.451. The van der Waals surface area contributed by atoms with Crippen molar-refractivity contribution in [2.45, 2.75) is 13.3 Å². The van der Waals surface area contributed by atoms with E-state index in [9.17, 15) is 0 Å². The molecule has 1 aliphatic rings. The molecule has 0 atom stereocenters. The van der Waals surface area contributed by atoms with Crippen LogP contribution in [0, 0.1) is 12.7 Å². The van der Waals surface area contributed by atoms with Gasteiger partial charge < -0.3 is 0 Å². The smallest absolute Gasteiger partial charge is 0.293 e. The summed E-state index contributed by atoms with van der Waals surface area (Å²) in [6.45, 7) is 6.85. The van der Waals surface area contributed by atoms with E-state index in [2.05, 4.69) is 12.2 Å². The molecule has 0 saturated heterocycles. The van der Waals surface area contributed by atoms with Gasteiger partial charge in [-0.1, -0.05) is 6.92 Å². The van der Waals surface area contributed by atoms with Crippen LogP contribution in [0.3, 0.4) is 0 Å². The minimum Gasteiger partial charge on any atom is -0.293 e. The van der Waals surface area contributed by atoms with Crippen LogP contribution < -0.4 is 0 Å². The first-order valence-corrected chi connectivity index (χ1v) is 3.29. The fraction of sp³-hybridized carbons (Fsp3) is 0.200. The minimum absolute atomic E-state index is 0. The predicted octanol–water partition coefficient (Wildman–Crippen LogP) is 2.85. The van der Waals surface area contributed by atoms with Crippen molar-refractivity contribution in [2.75, 3.05) is 0 Å². The van der Waals surface area contributed by atoms with E-state index in [1.807, 2.05) is 25.2 Å². The average molecular weight is 188 g/mol. The Morgan fingerprint density at radius 3 is 2.36 bits per heavy atom. The van der Waals surface area contributed by atoms with Gasteiger partial charge in [0, 0.05) is 0 Å². The predicted molar refractivity (Wildman–Crippen MR) is 45.3 cm³/mol. The van der Waals surface area contributed by atoms with E-state index in [-0.39, 0.29) is 17.1 Å². The van der Waals surface area contributed by atoms with E-state index in [0.29, 0.717) is 0 Å². The Labute approximate surface area is 79.9 Å². The molecule has 11 heavy (non-hydrogen) atoms. The third kappa shape index (κ3) is 12.6. The van der Waals surface area contributed by atoms with Gasteiger partial charge in [0.1, 0.15) is 0 Å². The Hall–Kier alpha value is -0.521. The van der Waals surface area contributed by atoms with Crippen molar-refractivity contribution in [3.8, 4) is 0 Å². The van der Waals surface area contributed by atoms with Gasteiger partial charge in [0.25, 0.3) is 0 Å². The molecule has 1 heteroatoms. The van der Waals surface area contributed by atoms with Gasteiger partial charge in [0.05, 0.1) is 0 Å². The van der Waals surface area contributed by atoms with Crippen LogP contribution in [-0.2, 0) is 17.1 Å². The monoisotopic (exact) mass is 188 g/mol. The summed E-state index contributed by atoms with van der Waals surface area (Å²) in [7, 11) is 0. The third-order valence-electron chi connectivity index (χ3n) is 0.889. The molecular formula is C10H12Fe. The van der Waals surface area contributed by atoms with E-state index < -0.39 is 0 Å². The molecule has 0 aromatic heterocycles. The Morgan fingerprint density at radius 2 is 2.27 bits per heavy atom. The summed E-state index contributed by atoms with van der Waals surface area (Å²) in [6.07, 6.45) is 15.2. The standard InChI is InChI=1S/C5H5.C5H7.Fe/c1-2-4-5-3-1;1-3-5-4-2;/h1-3H,4H2;1,3-5H,2H3;/q2*-1;+2. The molecule has 0 fully saturated rings. The summed E-state index contributed by atoms with van der Waals surface area (Å²) in [6, 6.07) is 0. The Morgan fingerprint density at radius 1 is 1.55 bits per heavy atom. The van der Waals surface area contributed by atoms with Crippen molar-refractivity contribution in [3.63, 3.8) is 0 Å². The molecule has 1 rings (SSSR count). The Kier molecular flexibility index (Phi) is 14.5. The zero-order valence-electron chi connectivity index (χ0n) is 6.60. The first-order valence-electron chi connectivity index (χ1n) is 3.29. The van der Waals surface area contributed by atoms with Crippen LogP contribution >= 0.6 is 0 Å². The van der Waals surface area contributed by atoms with Crippen molar-refractivity contribution >= 4 is 0 Å². The van der Waals surface area contributed by atoms with Gasteiger partial charge >= 0.3 is 17.1 Å². The summed E-state index contributed by atoms with van der Waals surface area (Å²) in [5.41, 5.74) is 0. The first kappa shape index (κ1) is 13.1. The molecule has 0 unspecified atom stereocenters. The topological polar surface area (TPSA) is 0 Å². The van der Waals surface area contributed by atoms with Crippen LogP contribution in [0.5, 0.6) is 0 Å². The van der Waals surface area contributed by atoms with Crippen LogP contribution in [0.4, 0.5) is 0 Å². The third-order valence-corrected chi connectivity index (χ3v) is 0.889. The summed E-state index contributed by atoms with van der Waals surface area (Å²) in [4.78, 5) is 0. The molecule has 0 nitrogen and oxygen atoms in total. The van der Waals surface area contributed by atoms with Gasteiger partial charge in [-0.15, -0.1) is 6.42 Å². The molecule has 0 saturated carbocycles. The molecule has 0 aliphatic heterocycles. The van der Waals surface area contributed by atoms with Gasteiger partial charge in [-0.3, -0.25) is 12.7 Å². The zero-order chi connectivity index (χ0) is 7.66. The second-order valence-electron chi connectivity index (χ2n) is 1.72. The molecule has 0 aromatic carbocycles. The second-order valence-corrected chi connectivity index (χ2v) is 1.72. The molecule has 60 valence electrons. The van der Waals surface area contributed by atoms with Gasteiger partial charge in [-0.25, -0.2) is 24.3 Å². The quantitative estimate of drug-likeness (QED) is 0.337. The Balaban J connectivity index is 0. The normalized spacial score (nSPS) is 12.1. The average Bonchev–Trinajstić information content (AvgIpc) is 2.44. The Bertz CT molecular complexity index is 140. The molecule has 0 heterocycles. The first-order chi connectivity index (χ1) is 4.91. The van der Waals surface area contributed by atoms with Crippen LogP contribution in [0.15, 0.2) is 36.5 Å². The number of hydrogen-bond donors (Lipinski definition) is 0.